The van der Waals surface area contributed by atoms with Gasteiger partial charge >= 0.3 is 6.09 Å². The van der Waals surface area contributed by atoms with Gasteiger partial charge in [0.2, 0.25) is 5.91 Å². The number of rotatable bonds is 4. The van der Waals surface area contributed by atoms with E-state index in [2.05, 4.69) is 10.2 Å². The van der Waals surface area contributed by atoms with E-state index in [9.17, 15) is 9.59 Å². The van der Waals surface area contributed by atoms with Crippen LogP contribution in [0.4, 0.5) is 10.5 Å². The highest BCUT2D eigenvalue weighted by atomic mass is 16.6. The first-order valence-corrected chi connectivity index (χ1v) is 7.56. The number of amides is 2. The number of hydrogen-bond acceptors (Lipinski definition) is 4. The molecule has 0 atom stereocenters. The summed E-state index contributed by atoms with van der Waals surface area (Å²) >= 11 is 0. The molecule has 1 heterocycles. The molecule has 1 aromatic rings. The average molecular weight is 305 g/mol. The number of anilines is 1. The number of benzene rings is 1. The van der Waals surface area contributed by atoms with Gasteiger partial charge < -0.3 is 15.0 Å². The molecule has 0 aromatic heterocycles. The van der Waals surface area contributed by atoms with Crippen LogP contribution in [-0.4, -0.2) is 55.5 Å². The summed E-state index contributed by atoms with van der Waals surface area (Å²) in [5.74, 6) is 0.267. The Hall–Kier alpha value is -2.08. The number of piperidine rings is 1. The van der Waals surface area contributed by atoms with Gasteiger partial charge in [-0.25, -0.2) is 4.79 Å². The Morgan fingerprint density at radius 3 is 2.55 bits per heavy atom. The first kappa shape index (κ1) is 16.3. The van der Waals surface area contributed by atoms with Gasteiger partial charge in [-0.05, 0) is 38.1 Å². The van der Waals surface area contributed by atoms with Crippen molar-refractivity contribution in [2.45, 2.75) is 19.3 Å². The van der Waals surface area contributed by atoms with Crippen LogP contribution in [0.2, 0.25) is 0 Å². The molecule has 0 bridgehead atoms. The van der Waals surface area contributed by atoms with E-state index in [1.54, 1.807) is 38.4 Å². The molecule has 0 spiro atoms. The summed E-state index contributed by atoms with van der Waals surface area (Å²) < 4.78 is 5.26. The highest BCUT2D eigenvalue weighted by Crippen LogP contribution is 2.24. The topological polar surface area (TPSA) is 61.9 Å². The van der Waals surface area contributed by atoms with Gasteiger partial charge in [0.1, 0.15) is 0 Å². The number of hydrogen-bond donors (Lipinski definition) is 1. The second kappa shape index (κ2) is 7.79. The van der Waals surface area contributed by atoms with E-state index in [0.29, 0.717) is 18.0 Å². The minimum absolute atomic E-state index is 0.0877. The highest BCUT2D eigenvalue weighted by molar-refractivity contribution is 5.94. The molecule has 0 unspecified atom stereocenters. The first-order chi connectivity index (χ1) is 10.6. The summed E-state index contributed by atoms with van der Waals surface area (Å²) in [4.78, 5) is 27.3. The quantitative estimate of drug-likeness (QED) is 0.926. The van der Waals surface area contributed by atoms with Crippen molar-refractivity contribution in [2.24, 2.45) is 0 Å². The van der Waals surface area contributed by atoms with Crippen LogP contribution in [0.15, 0.2) is 24.3 Å². The van der Waals surface area contributed by atoms with Crippen molar-refractivity contribution in [1.29, 1.82) is 0 Å². The molecule has 1 aliphatic rings. The number of carbonyl (C=O) groups excluding carboxylic acids is 2. The van der Waals surface area contributed by atoms with Crippen LogP contribution in [0.5, 0.6) is 5.75 Å². The van der Waals surface area contributed by atoms with E-state index >= 15 is 0 Å². The Morgan fingerprint density at radius 1 is 1.18 bits per heavy atom. The highest BCUT2D eigenvalue weighted by Gasteiger charge is 2.16. The van der Waals surface area contributed by atoms with Crippen LogP contribution in [0.1, 0.15) is 19.3 Å². The van der Waals surface area contributed by atoms with Crippen LogP contribution in [-0.2, 0) is 4.79 Å². The molecular weight excluding hydrogens is 282 g/mol. The van der Waals surface area contributed by atoms with E-state index in [4.69, 9.17) is 4.74 Å². The Bertz CT molecular complexity index is 525. The zero-order valence-electron chi connectivity index (χ0n) is 13.2. The van der Waals surface area contributed by atoms with E-state index in [1.165, 1.54) is 11.3 Å². The van der Waals surface area contributed by atoms with Crippen molar-refractivity contribution in [2.75, 3.05) is 39.0 Å². The van der Waals surface area contributed by atoms with Gasteiger partial charge in [0.25, 0.3) is 0 Å². The molecular formula is C16H23N3O3. The molecule has 1 N–H and O–H groups in total. The summed E-state index contributed by atoms with van der Waals surface area (Å²) in [5, 5.41) is 2.83. The summed E-state index contributed by atoms with van der Waals surface area (Å²) in [5.41, 5.74) is 0.514. The summed E-state index contributed by atoms with van der Waals surface area (Å²) in [6, 6.07) is 6.95. The maximum atomic E-state index is 12.1. The average Bonchev–Trinajstić information content (AvgIpc) is 2.50. The molecule has 1 saturated heterocycles. The second-order valence-corrected chi connectivity index (χ2v) is 5.64. The van der Waals surface area contributed by atoms with Crippen molar-refractivity contribution in [1.82, 2.24) is 9.80 Å². The van der Waals surface area contributed by atoms with E-state index < -0.39 is 6.09 Å². The maximum absolute atomic E-state index is 12.1. The fraction of sp³-hybridized carbons (Fsp3) is 0.500. The molecule has 6 heteroatoms. The van der Waals surface area contributed by atoms with Crippen molar-refractivity contribution < 1.29 is 14.3 Å². The van der Waals surface area contributed by atoms with Crippen molar-refractivity contribution in [3.63, 3.8) is 0 Å². The Morgan fingerprint density at radius 2 is 1.86 bits per heavy atom. The molecule has 2 rings (SSSR count). The maximum Gasteiger partial charge on any atom is 0.414 e. The van der Waals surface area contributed by atoms with E-state index in [-0.39, 0.29) is 5.91 Å². The summed E-state index contributed by atoms with van der Waals surface area (Å²) in [6.07, 6.45) is 3.05. The third-order valence-electron chi connectivity index (χ3n) is 3.54. The molecule has 2 amide bonds. The fourth-order valence-corrected chi connectivity index (χ4v) is 2.35. The lowest BCUT2D eigenvalue weighted by molar-refractivity contribution is -0.117. The Labute approximate surface area is 131 Å². The molecule has 120 valence electrons. The zero-order valence-corrected chi connectivity index (χ0v) is 13.2. The van der Waals surface area contributed by atoms with Gasteiger partial charge in [-0.15, -0.1) is 0 Å². The molecule has 0 saturated carbocycles. The summed E-state index contributed by atoms with van der Waals surface area (Å²) in [7, 11) is 3.22. The largest absolute Gasteiger partial charge is 0.414 e. The summed E-state index contributed by atoms with van der Waals surface area (Å²) in [6.45, 7) is 2.30. The molecule has 0 radical (unpaired) electrons. The smallest absolute Gasteiger partial charge is 0.408 e. The number of nitrogens with one attached hydrogen (secondary N) is 1. The predicted octanol–water partition coefficient (Wildman–Crippen LogP) is 2.17. The lowest BCUT2D eigenvalue weighted by Gasteiger charge is -2.25. The minimum Gasteiger partial charge on any atom is -0.408 e. The van der Waals surface area contributed by atoms with Gasteiger partial charge in [0.05, 0.1) is 12.2 Å². The zero-order chi connectivity index (χ0) is 15.9. The number of ether oxygens (including phenoxy) is 1. The predicted molar refractivity (Wildman–Crippen MR) is 85.1 cm³/mol. The molecule has 0 aliphatic carbocycles. The van der Waals surface area contributed by atoms with E-state index in [0.717, 1.165) is 25.9 Å². The van der Waals surface area contributed by atoms with Crippen LogP contribution in [0.3, 0.4) is 0 Å². The SMILES string of the molecule is CN(C)C(=O)Oc1ccccc1NC(=O)CN1CCCCC1. The van der Waals surface area contributed by atoms with Crippen LogP contribution < -0.4 is 10.1 Å². The Kier molecular flexibility index (Phi) is 5.77. The van der Waals surface area contributed by atoms with Crippen molar-refractivity contribution in [3.8, 4) is 5.75 Å². The monoisotopic (exact) mass is 305 g/mol. The van der Waals surface area contributed by atoms with Gasteiger partial charge in [0.15, 0.2) is 5.75 Å². The lowest BCUT2D eigenvalue weighted by Crippen LogP contribution is -2.37. The van der Waals surface area contributed by atoms with E-state index in [1.807, 2.05) is 0 Å². The number of nitrogens with zero attached hydrogens (tertiary/aromatic N) is 2. The minimum atomic E-state index is -0.474. The van der Waals surface area contributed by atoms with Crippen LogP contribution >= 0.6 is 0 Å². The van der Waals surface area contributed by atoms with Gasteiger partial charge in [0, 0.05) is 14.1 Å². The molecule has 1 aliphatic heterocycles. The Balaban J connectivity index is 1.96. The van der Waals surface area contributed by atoms with Crippen molar-refractivity contribution in [3.05, 3.63) is 24.3 Å². The lowest BCUT2D eigenvalue weighted by atomic mass is 10.1. The third kappa shape index (κ3) is 4.73. The molecule has 1 aromatic carbocycles. The van der Waals surface area contributed by atoms with Gasteiger partial charge in [-0.3, -0.25) is 9.69 Å². The number of likely N-dealkylation sites (tertiary alicyclic amines) is 1. The molecule has 6 nitrogen and oxygen atoms in total. The third-order valence-corrected chi connectivity index (χ3v) is 3.54. The number of para-hydroxylation sites is 2. The van der Waals surface area contributed by atoms with Crippen LogP contribution in [0, 0.1) is 0 Å². The van der Waals surface area contributed by atoms with Gasteiger partial charge in [-0.2, -0.15) is 0 Å². The van der Waals surface area contributed by atoms with Crippen molar-refractivity contribution >= 4 is 17.7 Å². The van der Waals surface area contributed by atoms with Gasteiger partial charge in [-0.1, -0.05) is 18.6 Å². The molecule has 22 heavy (non-hydrogen) atoms. The molecule has 1 fully saturated rings. The first-order valence-electron chi connectivity index (χ1n) is 7.56. The fourth-order valence-electron chi connectivity index (χ4n) is 2.35. The van der Waals surface area contributed by atoms with Crippen LogP contribution in [0.25, 0.3) is 0 Å². The normalized spacial score (nSPS) is 15.2. The standard InChI is InChI=1S/C16H23N3O3/c1-18(2)16(21)22-14-9-5-4-8-13(14)17-15(20)12-19-10-6-3-7-11-19/h4-5,8-9H,3,6-7,10-12H2,1-2H3,(H,17,20). The second-order valence-electron chi connectivity index (χ2n) is 5.64. The number of carbonyl (C=O) groups is 2.